The second kappa shape index (κ2) is 3.97. The lowest BCUT2D eigenvalue weighted by Gasteiger charge is -2.12. The first-order valence-electron chi connectivity index (χ1n) is 2.72. The van der Waals surface area contributed by atoms with Gasteiger partial charge < -0.3 is 14.8 Å². The molecule has 0 fully saturated rings. The minimum absolute atomic E-state index is 0.365. The molecule has 0 heterocycles. The molecule has 0 saturated heterocycles. The molecule has 12 heavy (non-hydrogen) atoms. The van der Waals surface area contributed by atoms with Crippen LogP contribution in [0.25, 0.3) is 0 Å². The van der Waals surface area contributed by atoms with Crippen LogP contribution < -0.4 is 5.73 Å². The highest BCUT2D eigenvalue weighted by Crippen LogP contribution is 1.99. The van der Waals surface area contributed by atoms with E-state index in [4.69, 9.17) is 5.73 Å². The maximum Gasteiger partial charge on any atom is 0.367 e. The van der Waals surface area contributed by atoms with Crippen LogP contribution >= 0.6 is 24.4 Å². The van der Waals surface area contributed by atoms with Gasteiger partial charge >= 0.3 is 10.1 Å². The Morgan fingerprint density at radius 3 is 2.08 bits per heavy atom. The molecule has 0 unspecified atom stereocenters. The van der Waals surface area contributed by atoms with E-state index in [-0.39, 0.29) is 4.32 Å². The van der Waals surface area contributed by atoms with E-state index in [1.54, 1.807) is 0 Å². The van der Waals surface area contributed by atoms with Crippen molar-refractivity contribution in [1.82, 2.24) is 4.90 Å². The van der Waals surface area contributed by atoms with Gasteiger partial charge in [0.15, 0.2) is 0 Å². The molecule has 0 aliphatic heterocycles. The van der Waals surface area contributed by atoms with Crippen molar-refractivity contribution in [3.63, 3.8) is 0 Å². The molecule has 0 aliphatic rings. The SMILES string of the molecule is CN(C)C(=S)S(=O)(=O)OC(N)=S. The Kier molecular flexibility index (Phi) is 3.81. The summed E-state index contributed by atoms with van der Waals surface area (Å²) in [4.78, 5) is 1.21. The molecule has 0 rings (SSSR count). The van der Waals surface area contributed by atoms with E-state index in [0.29, 0.717) is 0 Å². The summed E-state index contributed by atoms with van der Waals surface area (Å²) in [6.45, 7) is 0. The second-order valence-electron chi connectivity index (χ2n) is 2.02. The van der Waals surface area contributed by atoms with Gasteiger partial charge in [0.05, 0.1) is 0 Å². The molecule has 0 aliphatic carbocycles. The van der Waals surface area contributed by atoms with Gasteiger partial charge in [0.25, 0.3) is 5.17 Å². The number of hydrogen-bond acceptors (Lipinski definition) is 5. The van der Waals surface area contributed by atoms with E-state index in [1.807, 2.05) is 0 Å². The number of rotatable bonds is 0. The van der Waals surface area contributed by atoms with Crippen molar-refractivity contribution in [2.24, 2.45) is 5.73 Å². The molecule has 8 heteroatoms. The predicted molar refractivity (Wildman–Crippen MR) is 53.1 cm³/mol. The van der Waals surface area contributed by atoms with E-state index >= 15 is 0 Å². The predicted octanol–water partition coefficient (Wildman–Crippen LogP) is -0.577. The fourth-order valence-electron chi connectivity index (χ4n) is 0.367. The van der Waals surface area contributed by atoms with E-state index in [2.05, 4.69) is 28.6 Å². The van der Waals surface area contributed by atoms with Crippen molar-refractivity contribution in [3.8, 4) is 0 Å². The summed E-state index contributed by atoms with van der Waals surface area (Å²) in [5.41, 5.74) is 4.87. The highest BCUT2D eigenvalue weighted by molar-refractivity contribution is 8.14. The summed E-state index contributed by atoms with van der Waals surface area (Å²) in [5, 5.41) is -0.570. The standard InChI is InChI=1S/C4H8N2O3S3/c1-6(2)4(11)12(7,8)9-3(5)10/h1-2H3,(H2,5,10). The number of nitrogens with two attached hydrogens (primary N) is 1. The smallest absolute Gasteiger partial charge is 0.359 e. The lowest BCUT2D eigenvalue weighted by molar-refractivity contribution is 0.492. The highest BCUT2D eigenvalue weighted by atomic mass is 32.2. The third-order valence-corrected chi connectivity index (χ3v) is 3.13. The lowest BCUT2D eigenvalue weighted by atomic mass is 11.0. The van der Waals surface area contributed by atoms with Crippen LogP contribution in [0.2, 0.25) is 0 Å². The third kappa shape index (κ3) is 3.28. The lowest BCUT2D eigenvalue weighted by Crippen LogP contribution is -2.32. The highest BCUT2D eigenvalue weighted by Gasteiger charge is 2.22. The average Bonchev–Trinajstić information content (AvgIpc) is 1.82. The topological polar surface area (TPSA) is 72.6 Å². The van der Waals surface area contributed by atoms with E-state index < -0.39 is 15.3 Å². The van der Waals surface area contributed by atoms with Crippen molar-refractivity contribution in [1.29, 1.82) is 0 Å². The first-order valence-corrected chi connectivity index (χ1v) is 4.95. The van der Waals surface area contributed by atoms with Crippen LogP contribution in [0.1, 0.15) is 0 Å². The van der Waals surface area contributed by atoms with Crippen molar-refractivity contribution < 1.29 is 12.6 Å². The molecule has 2 N–H and O–H groups in total. The zero-order valence-electron chi connectivity index (χ0n) is 6.47. The average molecular weight is 228 g/mol. The second-order valence-corrected chi connectivity index (χ2v) is 4.53. The summed E-state index contributed by atoms with van der Waals surface area (Å²) >= 11 is 8.78. The van der Waals surface area contributed by atoms with Gasteiger partial charge in [0, 0.05) is 14.1 Å². The van der Waals surface area contributed by atoms with Crippen molar-refractivity contribution in [2.75, 3.05) is 14.1 Å². The summed E-state index contributed by atoms with van der Waals surface area (Å²) in [6.07, 6.45) is 0. The maximum absolute atomic E-state index is 11.0. The Morgan fingerprint density at radius 2 is 1.83 bits per heavy atom. The van der Waals surface area contributed by atoms with Crippen molar-refractivity contribution >= 4 is 44.0 Å². The maximum atomic E-state index is 11.0. The molecule has 0 atom stereocenters. The molecule has 0 bridgehead atoms. The molecule has 0 aromatic rings. The molecule has 70 valence electrons. The Morgan fingerprint density at radius 1 is 1.42 bits per heavy atom. The van der Waals surface area contributed by atoms with Gasteiger partial charge in [-0.25, -0.2) is 0 Å². The van der Waals surface area contributed by atoms with Gasteiger partial charge in [-0.3, -0.25) is 0 Å². The Balaban J connectivity index is 4.65. The molecule has 0 radical (unpaired) electrons. The van der Waals surface area contributed by atoms with Gasteiger partial charge in [0.2, 0.25) is 4.32 Å². The number of thiocarbonyl (C=S) groups is 2. The first-order chi connectivity index (χ1) is 5.27. The first kappa shape index (κ1) is 11.5. The van der Waals surface area contributed by atoms with Gasteiger partial charge in [-0.1, -0.05) is 0 Å². The summed E-state index contributed by atoms with van der Waals surface area (Å²) < 4.78 is 25.8. The fourth-order valence-corrected chi connectivity index (χ4v) is 1.47. The molecular weight excluding hydrogens is 220 g/mol. The normalized spacial score (nSPS) is 10.5. The molecular formula is C4H8N2O3S3. The van der Waals surface area contributed by atoms with Crippen molar-refractivity contribution in [2.45, 2.75) is 0 Å². The number of nitrogens with zero attached hydrogens (tertiary/aromatic N) is 1. The largest absolute Gasteiger partial charge is 0.367 e. The molecule has 0 saturated carbocycles. The summed E-state index contributed by atoms with van der Waals surface area (Å²) in [7, 11) is -1.02. The molecule has 0 aromatic carbocycles. The van der Waals surface area contributed by atoms with Crippen molar-refractivity contribution in [3.05, 3.63) is 0 Å². The summed E-state index contributed by atoms with van der Waals surface area (Å²) in [6, 6.07) is 0. The zero-order chi connectivity index (χ0) is 9.94. The third-order valence-electron chi connectivity index (χ3n) is 0.771. The van der Waals surface area contributed by atoms with Crippen LogP contribution in [0.4, 0.5) is 0 Å². The quantitative estimate of drug-likeness (QED) is 0.439. The van der Waals surface area contributed by atoms with Gasteiger partial charge in [-0.15, -0.1) is 0 Å². The Labute approximate surface area is 81.6 Å². The van der Waals surface area contributed by atoms with Crippen LogP contribution in [-0.4, -0.2) is 36.9 Å². The monoisotopic (exact) mass is 228 g/mol. The number of hydrogen-bond donors (Lipinski definition) is 1. The fraction of sp³-hybridized carbons (Fsp3) is 0.500. The van der Waals surface area contributed by atoms with Crippen LogP contribution in [0.3, 0.4) is 0 Å². The van der Waals surface area contributed by atoms with E-state index in [1.165, 1.54) is 19.0 Å². The van der Waals surface area contributed by atoms with Crippen LogP contribution in [-0.2, 0) is 14.3 Å². The van der Waals surface area contributed by atoms with E-state index in [9.17, 15) is 8.42 Å². The summed E-state index contributed by atoms with van der Waals surface area (Å²) in [5.74, 6) is 0. The Hall–Kier alpha value is -0.470. The Bertz CT molecular complexity index is 295. The minimum Gasteiger partial charge on any atom is -0.359 e. The molecule has 0 aromatic heterocycles. The van der Waals surface area contributed by atoms with E-state index in [0.717, 1.165) is 0 Å². The molecule has 5 nitrogen and oxygen atoms in total. The molecule has 0 spiro atoms. The van der Waals surface area contributed by atoms with Gasteiger partial charge in [0.1, 0.15) is 0 Å². The minimum atomic E-state index is -3.97. The zero-order valence-corrected chi connectivity index (χ0v) is 8.92. The van der Waals surface area contributed by atoms with Crippen LogP contribution in [0, 0.1) is 0 Å². The molecule has 0 amide bonds. The van der Waals surface area contributed by atoms with Crippen LogP contribution in [0.15, 0.2) is 0 Å². The van der Waals surface area contributed by atoms with Crippen LogP contribution in [0.5, 0.6) is 0 Å². The van der Waals surface area contributed by atoms with Gasteiger partial charge in [-0.2, -0.15) is 8.42 Å². The van der Waals surface area contributed by atoms with Gasteiger partial charge in [-0.05, 0) is 24.4 Å².